The minimum Gasteiger partial charge on any atom is -0.597 e. The van der Waals surface area contributed by atoms with E-state index < -0.39 is 35.1 Å². The van der Waals surface area contributed by atoms with Crippen molar-refractivity contribution in [2.45, 2.75) is 57.8 Å². The fourth-order valence-electron chi connectivity index (χ4n) is 3.66. The van der Waals surface area contributed by atoms with E-state index in [2.05, 4.69) is 21.5 Å². The van der Waals surface area contributed by atoms with Crippen LogP contribution in [0.4, 0.5) is 8.78 Å². The summed E-state index contributed by atoms with van der Waals surface area (Å²) in [6.45, 7) is 12.7. The Morgan fingerprint density at radius 1 is 1.31 bits per heavy atom. The Morgan fingerprint density at radius 3 is 2.64 bits per heavy atom. The standard InChI is InChI=1S/C25H33F2N5O3S/c1-8-10-25(26,27)16-35-23-22-28-11-12-31(22)15-20(30-23)18-13-19(29-14-21(18)34-7)17(3)32(9-2)36(33)24(4,5)6/h8,11-15,17H,1,9-10,16H2,2-7H3/t17-,36?/m1/s1. The summed E-state index contributed by atoms with van der Waals surface area (Å²) in [6.07, 6.45) is 7.14. The highest BCUT2D eigenvalue weighted by molar-refractivity contribution is 7.90. The Balaban J connectivity index is 2.05. The lowest BCUT2D eigenvalue weighted by atomic mass is 10.1. The van der Waals surface area contributed by atoms with Gasteiger partial charge in [0.1, 0.15) is 10.5 Å². The summed E-state index contributed by atoms with van der Waals surface area (Å²) >= 11 is -1.26. The fraction of sp³-hybridized carbons (Fsp3) is 0.480. The number of alkyl halides is 2. The molecule has 196 valence electrons. The number of ether oxygens (including phenoxy) is 2. The molecule has 0 aromatic carbocycles. The van der Waals surface area contributed by atoms with Crippen LogP contribution in [0.2, 0.25) is 0 Å². The van der Waals surface area contributed by atoms with Gasteiger partial charge in [-0.05, 0) is 40.7 Å². The van der Waals surface area contributed by atoms with Gasteiger partial charge in [-0.25, -0.2) is 18.7 Å². The largest absolute Gasteiger partial charge is 0.597 e. The first-order valence-electron chi connectivity index (χ1n) is 11.6. The van der Waals surface area contributed by atoms with Crippen LogP contribution in [-0.4, -0.2) is 59.1 Å². The van der Waals surface area contributed by atoms with Crippen molar-refractivity contribution in [3.63, 3.8) is 0 Å². The van der Waals surface area contributed by atoms with Crippen molar-refractivity contribution >= 4 is 17.0 Å². The summed E-state index contributed by atoms with van der Waals surface area (Å²) in [6, 6.07) is 1.54. The number of methoxy groups -OCH3 is 1. The van der Waals surface area contributed by atoms with Gasteiger partial charge in [-0.1, -0.05) is 6.08 Å². The normalized spacial score (nSPS) is 14.2. The molecule has 0 bridgehead atoms. The molecule has 36 heavy (non-hydrogen) atoms. The van der Waals surface area contributed by atoms with Gasteiger partial charge < -0.3 is 18.4 Å². The van der Waals surface area contributed by atoms with Crippen LogP contribution in [-0.2, 0) is 11.4 Å². The van der Waals surface area contributed by atoms with Gasteiger partial charge in [-0.15, -0.1) is 10.9 Å². The quantitative estimate of drug-likeness (QED) is 0.252. The van der Waals surface area contributed by atoms with Gasteiger partial charge in [-0.3, -0.25) is 4.98 Å². The van der Waals surface area contributed by atoms with E-state index in [0.717, 1.165) is 6.08 Å². The molecule has 0 saturated heterocycles. The highest BCUT2D eigenvalue weighted by Crippen LogP contribution is 2.35. The van der Waals surface area contributed by atoms with E-state index in [4.69, 9.17) is 9.47 Å². The number of nitrogens with zero attached hydrogens (tertiary/aromatic N) is 5. The van der Waals surface area contributed by atoms with Crippen LogP contribution in [0.15, 0.2) is 43.5 Å². The molecule has 0 amide bonds. The average Bonchev–Trinajstić information content (AvgIpc) is 3.30. The van der Waals surface area contributed by atoms with E-state index in [0.29, 0.717) is 34.9 Å². The van der Waals surface area contributed by atoms with E-state index in [-0.39, 0.29) is 11.9 Å². The summed E-state index contributed by atoms with van der Waals surface area (Å²) in [7, 11) is 1.51. The lowest BCUT2D eigenvalue weighted by molar-refractivity contribution is -0.0385. The van der Waals surface area contributed by atoms with Crippen molar-refractivity contribution in [3.05, 3.63) is 49.2 Å². The molecule has 0 aliphatic rings. The van der Waals surface area contributed by atoms with E-state index in [1.807, 2.05) is 45.0 Å². The molecule has 0 fully saturated rings. The van der Waals surface area contributed by atoms with Gasteiger partial charge in [0.25, 0.3) is 11.8 Å². The molecule has 8 nitrogen and oxygen atoms in total. The minimum atomic E-state index is -3.09. The fourth-order valence-corrected chi connectivity index (χ4v) is 4.99. The number of allylic oxidation sites excluding steroid dienone is 1. The Labute approximate surface area is 213 Å². The second kappa shape index (κ2) is 11.1. The number of pyridine rings is 1. The van der Waals surface area contributed by atoms with Crippen molar-refractivity contribution in [1.29, 1.82) is 0 Å². The zero-order valence-corrected chi connectivity index (χ0v) is 22.3. The number of hydrogen-bond acceptors (Lipinski definition) is 7. The highest BCUT2D eigenvalue weighted by atomic mass is 32.2. The molecule has 0 saturated carbocycles. The van der Waals surface area contributed by atoms with Crippen molar-refractivity contribution < 1.29 is 22.8 Å². The maximum absolute atomic E-state index is 14.1. The van der Waals surface area contributed by atoms with Crippen LogP contribution in [0.1, 0.15) is 52.8 Å². The predicted octanol–water partition coefficient (Wildman–Crippen LogP) is 5.24. The van der Waals surface area contributed by atoms with E-state index in [1.54, 1.807) is 23.0 Å². The van der Waals surface area contributed by atoms with Crippen LogP contribution in [0.25, 0.3) is 16.9 Å². The topological polar surface area (TPSA) is 87.8 Å². The van der Waals surface area contributed by atoms with Gasteiger partial charge in [0.2, 0.25) is 5.65 Å². The highest BCUT2D eigenvalue weighted by Gasteiger charge is 2.36. The van der Waals surface area contributed by atoms with Crippen LogP contribution >= 0.6 is 0 Å². The first-order chi connectivity index (χ1) is 16.9. The van der Waals surface area contributed by atoms with Gasteiger partial charge in [-0.2, -0.15) is 0 Å². The summed E-state index contributed by atoms with van der Waals surface area (Å²) in [4.78, 5) is 13.2. The maximum atomic E-state index is 14.1. The number of aromatic nitrogens is 4. The summed E-state index contributed by atoms with van der Waals surface area (Å²) in [5.41, 5.74) is 1.99. The summed E-state index contributed by atoms with van der Waals surface area (Å²) in [5, 5.41) is 0. The molecular weight excluding hydrogens is 488 g/mol. The lowest BCUT2D eigenvalue weighted by Crippen LogP contribution is -2.44. The molecule has 3 heterocycles. The third-order valence-corrected chi connectivity index (χ3v) is 7.55. The van der Waals surface area contributed by atoms with Crippen LogP contribution in [0, 0.1) is 0 Å². The molecule has 2 atom stereocenters. The minimum absolute atomic E-state index is 0.0290. The molecule has 0 aliphatic heterocycles. The number of rotatable bonds is 11. The molecule has 0 aliphatic carbocycles. The number of halogens is 2. The second-order valence-electron chi connectivity index (χ2n) is 9.31. The molecule has 3 rings (SSSR count). The van der Waals surface area contributed by atoms with Crippen LogP contribution in [0.5, 0.6) is 11.6 Å². The Hall–Kier alpha value is -2.76. The second-order valence-corrected chi connectivity index (χ2v) is 11.5. The van der Waals surface area contributed by atoms with E-state index in [1.165, 1.54) is 13.3 Å². The number of fused-ring (bicyclic) bond motifs is 1. The van der Waals surface area contributed by atoms with Crippen molar-refractivity contribution in [2.24, 2.45) is 0 Å². The van der Waals surface area contributed by atoms with Gasteiger partial charge in [0.05, 0.1) is 30.7 Å². The third kappa shape index (κ3) is 6.13. The molecule has 0 spiro atoms. The van der Waals surface area contributed by atoms with Crippen molar-refractivity contribution in [1.82, 2.24) is 23.7 Å². The summed E-state index contributed by atoms with van der Waals surface area (Å²) < 4.78 is 55.3. The molecular formula is C25H33F2N5O3S. The molecule has 3 aromatic rings. The smallest absolute Gasteiger partial charge is 0.284 e. The Morgan fingerprint density at radius 2 is 2.03 bits per heavy atom. The van der Waals surface area contributed by atoms with E-state index in [9.17, 15) is 13.3 Å². The Kier molecular flexibility index (Phi) is 8.58. The molecule has 3 aromatic heterocycles. The molecule has 0 N–H and O–H groups in total. The van der Waals surface area contributed by atoms with E-state index >= 15 is 0 Å². The van der Waals surface area contributed by atoms with Gasteiger partial charge in [0, 0.05) is 48.5 Å². The van der Waals surface area contributed by atoms with Gasteiger partial charge in [0.15, 0.2) is 6.61 Å². The van der Waals surface area contributed by atoms with Crippen LogP contribution < -0.4 is 9.47 Å². The first kappa shape index (κ1) is 27.8. The van der Waals surface area contributed by atoms with Crippen molar-refractivity contribution in [3.8, 4) is 22.9 Å². The van der Waals surface area contributed by atoms with Crippen LogP contribution in [0.3, 0.4) is 0 Å². The average molecular weight is 522 g/mol. The molecule has 11 heteroatoms. The van der Waals surface area contributed by atoms with Crippen molar-refractivity contribution in [2.75, 3.05) is 20.3 Å². The Bertz CT molecular complexity index is 1200. The lowest BCUT2D eigenvalue weighted by Gasteiger charge is -2.35. The number of imidazole rings is 1. The third-order valence-electron chi connectivity index (χ3n) is 5.50. The maximum Gasteiger partial charge on any atom is 0.284 e. The first-order valence-corrected chi connectivity index (χ1v) is 12.7. The molecule has 1 unspecified atom stereocenters. The van der Waals surface area contributed by atoms with Gasteiger partial charge >= 0.3 is 0 Å². The zero-order valence-electron chi connectivity index (χ0n) is 21.5. The summed E-state index contributed by atoms with van der Waals surface area (Å²) in [5.74, 6) is -2.67. The monoisotopic (exact) mass is 521 g/mol. The SMILES string of the molecule is C=CCC(F)(F)COc1nc(-c2cc([C@@H](C)N(CC)[S+]([O-])C(C)(C)C)ncc2OC)cn2ccnc12. The molecule has 0 radical (unpaired) electrons. The number of hydrogen-bond donors (Lipinski definition) is 0. The zero-order chi connectivity index (χ0) is 26.7. The predicted molar refractivity (Wildman–Crippen MR) is 137 cm³/mol.